The van der Waals surface area contributed by atoms with E-state index in [0.29, 0.717) is 6.04 Å². The number of unbranched alkanes of at least 4 members (excludes halogenated alkanes) is 3. The summed E-state index contributed by atoms with van der Waals surface area (Å²) in [4.78, 5) is 3.94. The maximum absolute atomic E-state index is 3.20. The molecule has 0 saturated heterocycles. The third-order valence-corrected chi connectivity index (χ3v) is 4.35. The predicted molar refractivity (Wildman–Crippen MR) is 77.8 cm³/mol. The average Bonchev–Trinajstić information content (AvgIpc) is 2.86. The zero-order valence-electron chi connectivity index (χ0n) is 11.4. The van der Waals surface area contributed by atoms with Crippen LogP contribution in [0.4, 0.5) is 0 Å². The van der Waals surface area contributed by atoms with Gasteiger partial charge in [-0.1, -0.05) is 18.9 Å². The fourth-order valence-corrected chi connectivity index (χ4v) is 2.80. The molecule has 17 heavy (non-hydrogen) atoms. The lowest BCUT2D eigenvalue weighted by atomic mass is 10.1. The van der Waals surface area contributed by atoms with Crippen LogP contribution < -0.4 is 5.32 Å². The van der Waals surface area contributed by atoms with E-state index in [9.17, 15) is 0 Å². The van der Waals surface area contributed by atoms with Gasteiger partial charge in [0.1, 0.15) is 0 Å². The first-order valence-corrected chi connectivity index (χ1v) is 7.52. The maximum Gasteiger partial charge on any atom is 0.0410 e. The number of nitrogens with zero attached hydrogens (tertiary/aromatic N) is 1. The van der Waals surface area contributed by atoms with Crippen LogP contribution in [-0.4, -0.2) is 32.1 Å². The van der Waals surface area contributed by atoms with E-state index < -0.39 is 0 Å². The Morgan fingerprint density at radius 3 is 2.71 bits per heavy atom. The molecule has 0 saturated carbocycles. The monoisotopic (exact) mass is 254 g/mol. The molecule has 3 heteroatoms. The fourth-order valence-electron chi connectivity index (χ4n) is 1.96. The zero-order valence-corrected chi connectivity index (χ0v) is 12.2. The van der Waals surface area contributed by atoms with Crippen LogP contribution in [0.5, 0.6) is 0 Å². The molecule has 1 aromatic rings. The molecule has 1 unspecified atom stereocenters. The molecular weight excluding hydrogens is 228 g/mol. The Hall–Kier alpha value is -0.380. The van der Waals surface area contributed by atoms with Crippen molar-refractivity contribution in [2.45, 2.75) is 38.6 Å². The smallest absolute Gasteiger partial charge is 0.0410 e. The third-order valence-electron chi connectivity index (χ3n) is 3.30. The summed E-state index contributed by atoms with van der Waals surface area (Å²) in [6.45, 7) is 4.66. The second-order valence-corrected chi connectivity index (χ2v) is 5.67. The van der Waals surface area contributed by atoms with Crippen molar-refractivity contribution in [1.29, 1.82) is 0 Å². The summed E-state index contributed by atoms with van der Waals surface area (Å²) in [5, 5.41) is 5.36. The Morgan fingerprint density at radius 2 is 2.06 bits per heavy atom. The van der Waals surface area contributed by atoms with E-state index in [1.165, 1.54) is 37.1 Å². The molecule has 1 aromatic heterocycles. The van der Waals surface area contributed by atoms with Gasteiger partial charge in [0.15, 0.2) is 0 Å². The number of hydrogen-bond donors (Lipinski definition) is 1. The van der Waals surface area contributed by atoms with E-state index in [1.54, 1.807) is 0 Å². The summed E-state index contributed by atoms with van der Waals surface area (Å²) in [6, 6.07) is 4.94. The van der Waals surface area contributed by atoms with Crippen molar-refractivity contribution in [2.75, 3.05) is 27.2 Å². The summed E-state index contributed by atoms with van der Waals surface area (Å²) >= 11 is 1.86. The maximum atomic E-state index is 3.20. The highest BCUT2D eigenvalue weighted by Crippen LogP contribution is 2.23. The first kappa shape index (κ1) is 14.7. The molecule has 0 aromatic carbocycles. The van der Waals surface area contributed by atoms with Crippen molar-refractivity contribution in [2.24, 2.45) is 0 Å². The molecule has 0 fully saturated rings. The molecule has 1 atom stereocenters. The van der Waals surface area contributed by atoms with E-state index in [-0.39, 0.29) is 0 Å². The Bertz CT molecular complexity index is 272. The van der Waals surface area contributed by atoms with Gasteiger partial charge in [0.05, 0.1) is 0 Å². The molecule has 0 aliphatic carbocycles. The number of hydrogen-bond acceptors (Lipinski definition) is 3. The van der Waals surface area contributed by atoms with Gasteiger partial charge in [-0.15, -0.1) is 11.3 Å². The lowest BCUT2D eigenvalue weighted by molar-refractivity contribution is 0.258. The Balaban J connectivity index is 2.10. The minimum atomic E-state index is 0.562. The molecule has 1 heterocycles. The van der Waals surface area contributed by atoms with E-state index in [4.69, 9.17) is 0 Å². The van der Waals surface area contributed by atoms with Crippen LogP contribution in [0.1, 0.15) is 43.5 Å². The molecule has 1 rings (SSSR count). The molecule has 0 bridgehead atoms. The molecule has 0 spiro atoms. The molecule has 98 valence electrons. The van der Waals surface area contributed by atoms with Gasteiger partial charge < -0.3 is 5.32 Å². The van der Waals surface area contributed by atoms with E-state index in [1.807, 2.05) is 18.4 Å². The highest BCUT2D eigenvalue weighted by atomic mass is 32.1. The van der Waals surface area contributed by atoms with Gasteiger partial charge in [0.25, 0.3) is 0 Å². The van der Waals surface area contributed by atoms with E-state index in [2.05, 4.69) is 41.7 Å². The summed E-state index contributed by atoms with van der Waals surface area (Å²) in [5.74, 6) is 0. The zero-order chi connectivity index (χ0) is 12.5. The first-order chi connectivity index (χ1) is 8.25. The quantitative estimate of drug-likeness (QED) is 0.678. The van der Waals surface area contributed by atoms with Gasteiger partial charge >= 0.3 is 0 Å². The van der Waals surface area contributed by atoms with Gasteiger partial charge in [-0.05, 0) is 58.4 Å². The van der Waals surface area contributed by atoms with Crippen molar-refractivity contribution in [1.82, 2.24) is 10.2 Å². The van der Waals surface area contributed by atoms with Gasteiger partial charge in [0.2, 0.25) is 0 Å². The van der Waals surface area contributed by atoms with Crippen molar-refractivity contribution in [3.05, 3.63) is 22.4 Å². The summed E-state index contributed by atoms with van der Waals surface area (Å²) < 4.78 is 0. The fraction of sp³-hybridized carbons (Fsp3) is 0.714. The van der Waals surface area contributed by atoms with Crippen molar-refractivity contribution >= 4 is 11.3 Å². The van der Waals surface area contributed by atoms with Crippen LogP contribution in [0, 0.1) is 0 Å². The third kappa shape index (κ3) is 5.66. The van der Waals surface area contributed by atoms with Crippen LogP contribution in [0.3, 0.4) is 0 Å². The van der Waals surface area contributed by atoms with Gasteiger partial charge in [-0.3, -0.25) is 4.90 Å². The first-order valence-electron chi connectivity index (χ1n) is 6.64. The number of nitrogens with one attached hydrogen (secondary N) is 1. The Labute approximate surface area is 110 Å². The average molecular weight is 254 g/mol. The van der Waals surface area contributed by atoms with Crippen molar-refractivity contribution < 1.29 is 0 Å². The molecular formula is C14H26N2S. The van der Waals surface area contributed by atoms with E-state index in [0.717, 1.165) is 6.54 Å². The highest BCUT2D eigenvalue weighted by molar-refractivity contribution is 7.10. The van der Waals surface area contributed by atoms with Gasteiger partial charge in [-0.25, -0.2) is 0 Å². The predicted octanol–water partition coefficient (Wildman–Crippen LogP) is 3.52. The van der Waals surface area contributed by atoms with Gasteiger partial charge in [0, 0.05) is 10.9 Å². The highest BCUT2D eigenvalue weighted by Gasteiger charge is 2.11. The van der Waals surface area contributed by atoms with Crippen LogP contribution in [0.2, 0.25) is 0 Å². The Morgan fingerprint density at radius 1 is 1.29 bits per heavy atom. The SMILES string of the molecule is CNCCCCCCN(C)C(C)c1cccs1. The Kier molecular flexibility index (Phi) is 7.49. The normalized spacial score (nSPS) is 13.2. The van der Waals surface area contributed by atoms with Crippen LogP contribution in [-0.2, 0) is 0 Å². The van der Waals surface area contributed by atoms with Crippen LogP contribution in [0.15, 0.2) is 17.5 Å². The minimum absolute atomic E-state index is 0.562. The van der Waals surface area contributed by atoms with Crippen molar-refractivity contribution in [3.63, 3.8) is 0 Å². The molecule has 0 radical (unpaired) electrons. The molecule has 0 amide bonds. The van der Waals surface area contributed by atoms with E-state index >= 15 is 0 Å². The molecule has 1 N–H and O–H groups in total. The van der Waals surface area contributed by atoms with Crippen LogP contribution in [0.25, 0.3) is 0 Å². The molecule has 0 aliphatic rings. The summed E-state index contributed by atoms with van der Waals surface area (Å²) in [5.41, 5.74) is 0. The number of thiophene rings is 1. The largest absolute Gasteiger partial charge is 0.320 e. The topological polar surface area (TPSA) is 15.3 Å². The second kappa shape index (κ2) is 8.67. The molecule has 2 nitrogen and oxygen atoms in total. The standard InChI is InChI=1S/C14H26N2S/c1-13(14-9-8-12-17-14)16(3)11-7-5-4-6-10-15-2/h8-9,12-13,15H,4-7,10-11H2,1-3H3. The van der Waals surface area contributed by atoms with Crippen LogP contribution >= 0.6 is 11.3 Å². The summed E-state index contributed by atoms with van der Waals surface area (Å²) in [7, 11) is 4.26. The number of rotatable bonds is 9. The summed E-state index contributed by atoms with van der Waals surface area (Å²) in [6.07, 6.45) is 5.32. The second-order valence-electron chi connectivity index (χ2n) is 4.69. The minimum Gasteiger partial charge on any atom is -0.320 e. The molecule has 0 aliphatic heterocycles. The lowest BCUT2D eigenvalue weighted by Crippen LogP contribution is -2.22. The lowest BCUT2D eigenvalue weighted by Gasteiger charge is -2.23. The van der Waals surface area contributed by atoms with Crippen molar-refractivity contribution in [3.8, 4) is 0 Å². The van der Waals surface area contributed by atoms with Gasteiger partial charge in [-0.2, -0.15) is 0 Å².